The van der Waals surface area contributed by atoms with E-state index < -0.39 is 0 Å². The second-order valence-corrected chi connectivity index (χ2v) is 13.9. The van der Waals surface area contributed by atoms with Crippen LogP contribution in [0.15, 0.2) is 200 Å². The van der Waals surface area contributed by atoms with Gasteiger partial charge in [0.2, 0.25) is 5.95 Å². The largest absolute Gasteiger partial charge is 0.309 e. The van der Waals surface area contributed by atoms with Gasteiger partial charge in [-0.2, -0.15) is 9.97 Å². The zero-order chi connectivity index (χ0) is 37.3. The van der Waals surface area contributed by atoms with E-state index in [2.05, 4.69) is 173 Å². The number of allylic oxidation sites excluding steroid dienone is 4. The Morgan fingerprint density at radius 1 is 0.375 bits per heavy atom. The maximum absolute atomic E-state index is 5.20. The topological polar surface area (TPSA) is 48.5 Å². The lowest BCUT2D eigenvalue weighted by Crippen LogP contribution is -2.06. The SMILES string of the molecule is C1=CCCC=C1.c1ccc(-c2cccc(-n3c4ccccc4c4c3ccc3c5ccccc5n(-c5nc(-c6ccccc6)nc(-c6ccccc6)n5)c34)c2)cc1. The molecule has 10 aromatic rings. The van der Waals surface area contributed by atoms with Crippen molar-refractivity contribution < 1.29 is 0 Å². The zero-order valence-corrected chi connectivity index (χ0v) is 30.7. The van der Waals surface area contributed by atoms with Gasteiger partial charge in [-0.3, -0.25) is 4.57 Å². The third-order valence-electron chi connectivity index (χ3n) is 10.5. The lowest BCUT2D eigenvalue weighted by Gasteiger charge is -2.12. The summed E-state index contributed by atoms with van der Waals surface area (Å²) < 4.78 is 4.63. The molecule has 0 bridgehead atoms. The second kappa shape index (κ2) is 14.5. The molecule has 0 aliphatic heterocycles. The standard InChI is InChI=1S/C45H29N5.C6H8/c1-4-15-30(16-5-1)33-21-14-22-34(29-33)49-39-26-13-11-24-37(39)41-40(49)28-27-36-35-23-10-12-25-38(35)50(42(36)41)45-47-43(31-17-6-2-7-18-31)46-44(48-45)32-19-8-3-9-20-32;1-2-4-6-5-3-1/h1-29H;1-4H,5-6H2. The molecule has 0 radical (unpaired) electrons. The Kier molecular flexibility index (Phi) is 8.58. The molecular formula is C51H37N5. The Labute approximate surface area is 325 Å². The molecule has 0 atom stereocenters. The minimum atomic E-state index is 0.583. The highest BCUT2D eigenvalue weighted by Gasteiger charge is 2.23. The van der Waals surface area contributed by atoms with Crippen molar-refractivity contribution in [3.8, 4) is 45.5 Å². The maximum atomic E-state index is 5.20. The van der Waals surface area contributed by atoms with Gasteiger partial charge in [-0.1, -0.05) is 170 Å². The summed E-state index contributed by atoms with van der Waals surface area (Å²) in [5, 5.41) is 4.62. The zero-order valence-electron chi connectivity index (χ0n) is 30.7. The van der Waals surface area contributed by atoms with Crippen LogP contribution in [0.1, 0.15) is 12.8 Å². The number of benzene rings is 7. The van der Waals surface area contributed by atoms with Crippen molar-refractivity contribution in [1.82, 2.24) is 24.1 Å². The van der Waals surface area contributed by atoms with Gasteiger partial charge in [0.1, 0.15) is 0 Å². The lowest BCUT2D eigenvalue weighted by molar-refractivity contribution is 0.955. The van der Waals surface area contributed by atoms with E-state index in [1.54, 1.807) is 0 Å². The van der Waals surface area contributed by atoms with Crippen LogP contribution in [-0.2, 0) is 0 Å². The highest BCUT2D eigenvalue weighted by Crippen LogP contribution is 2.42. The van der Waals surface area contributed by atoms with E-state index in [4.69, 9.17) is 15.0 Å². The maximum Gasteiger partial charge on any atom is 0.238 e. The Bertz CT molecular complexity index is 2990. The summed E-state index contributed by atoms with van der Waals surface area (Å²) in [4.78, 5) is 15.4. The van der Waals surface area contributed by atoms with Crippen molar-refractivity contribution >= 4 is 43.6 Å². The Morgan fingerprint density at radius 3 is 1.52 bits per heavy atom. The first-order valence-electron chi connectivity index (χ1n) is 19.1. The smallest absolute Gasteiger partial charge is 0.238 e. The van der Waals surface area contributed by atoms with E-state index >= 15 is 0 Å². The third-order valence-corrected chi connectivity index (χ3v) is 10.5. The van der Waals surface area contributed by atoms with E-state index in [-0.39, 0.29) is 0 Å². The quantitative estimate of drug-likeness (QED) is 0.178. The summed E-state index contributed by atoms with van der Waals surface area (Å²) in [6.45, 7) is 0. The lowest BCUT2D eigenvalue weighted by atomic mass is 10.1. The van der Waals surface area contributed by atoms with Crippen LogP contribution in [0.25, 0.3) is 89.2 Å². The van der Waals surface area contributed by atoms with Gasteiger partial charge in [-0.05, 0) is 54.3 Å². The molecule has 3 aromatic heterocycles. The van der Waals surface area contributed by atoms with Crippen LogP contribution >= 0.6 is 0 Å². The Balaban J connectivity index is 0.000000588. The molecule has 0 unspecified atom stereocenters. The van der Waals surface area contributed by atoms with Gasteiger partial charge in [-0.15, -0.1) is 0 Å². The van der Waals surface area contributed by atoms with E-state index in [1.807, 2.05) is 36.4 Å². The number of para-hydroxylation sites is 2. The van der Waals surface area contributed by atoms with Crippen molar-refractivity contribution in [2.45, 2.75) is 12.8 Å². The molecule has 0 N–H and O–H groups in total. The van der Waals surface area contributed by atoms with Crippen LogP contribution in [0, 0.1) is 0 Å². The highest BCUT2D eigenvalue weighted by molar-refractivity contribution is 6.26. The molecule has 1 aliphatic rings. The van der Waals surface area contributed by atoms with Crippen LogP contribution in [0.4, 0.5) is 0 Å². The summed E-state index contributed by atoms with van der Waals surface area (Å²) in [6, 6.07) is 61.4. The molecule has 11 rings (SSSR count). The highest BCUT2D eigenvalue weighted by atomic mass is 15.2. The van der Waals surface area contributed by atoms with E-state index in [9.17, 15) is 0 Å². The summed E-state index contributed by atoms with van der Waals surface area (Å²) in [7, 11) is 0. The van der Waals surface area contributed by atoms with Crippen molar-refractivity contribution in [2.75, 3.05) is 0 Å². The van der Waals surface area contributed by atoms with Gasteiger partial charge in [0, 0.05) is 38.4 Å². The molecule has 0 spiro atoms. The molecule has 7 aromatic carbocycles. The number of hydrogen-bond acceptors (Lipinski definition) is 3. The average molecular weight is 720 g/mol. The predicted molar refractivity (Wildman–Crippen MR) is 232 cm³/mol. The summed E-state index contributed by atoms with van der Waals surface area (Å²) in [5.74, 6) is 1.85. The molecule has 0 saturated heterocycles. The van der Waals surface area contributed by atoms with Gasteiger partial charge in [0.15, 0.2) is 11.6 Å². The Morgan fingerprint density at radius 2 is 0.911 bits per heavy atom. The first kappa shape index (κ1) is 33.2. The van der Waals surface area contributed by atoms with Crippen molar-refractivity contribution in [3.63, 3.8) is 0 Å². The van der Waals surface area contributed by atoms with Gasteiger partial charge in [0.05, 0.1) is 22.1 Å². The fourth-order valence-corrected chi connectivity index (χ4v) is 7.89. The van der Waals surface area contributed by atoms with Crippen molar-refractivity contribution in [2.24, 2.45) is 0 Å². The second-order valence-electron chi connectivity index (χ2n) is 13.9. The molecule has 3 heterocycles. The number of rotatable bonds is 5. The number of aromatic nitrogens is 5. The van der Waals surface area contributed by atoms with Crippen LogP contribution < -0.4 is 0 Å². The van der Waals surface area contributed by atoms with Crippen LogP contribution in [-0.4, -0.2) is 24.1 Å². The monoisotopic (exact) mass is 719 g/mol. The number of hydrogen-bond donors (Lipinski definition) is 0. The van der Waals surface area contributed by atoms with Crippen LogP contribution in [0.3, 0.4) is 0 Å². The average Bonchev–Trinajstić information content (AvgIpc) is 3.81. The first-order chi connectivity index (χ1) is 27.8. The van der Waals surface area contributed by atoms with Gasteiger partial charge in [-0.25, -0.2) is 4.98 Å². The van der Waals surface area contributed by atoms with Crippen molar-refractivity contribution in [3.05, 3.63) is 200 Å². The number of nitrogens with zero attached hydrogens (tertiary/aromatic N) is 5. The van der Waals surface area contributed by atoms with Gasteiger partial charge in [0.25, 0.3) is 0 Å². The normalized spacial score (nSPS) is 12.4. The predicted octanol–water partition coefficient (Wildman–Crippen LogP) is 13.0. The summed E-state index contributed by atoms with van der Waals surface area (Å²) in [6.07, 6.45) is 11.0. The molecule has 5 heteroatoms. The Hall–Kier alpha value is -7.37. The van der Waals surface area contributed by atoms with E-state index in [1.165, 1.54) is 29.4 Å². The number of fused-ring (bicyclic) bond motifs is 7. The third kappa shape index (κ3) is 5.96. The van der Waals surface area contributed by atoms with Gasteiger partial charge >= 0.3 is 0 Å². The van der Waals surface area contributed by atoms with Crippen LogP contribution in [0.5, 0.6) is 0 Å². The first-order valence-corrected chi connectivity index (χ1v) is 19.1. The molecule has 1 aliphatic carbocycles. The minimum Gasteiger partial charge on any atom is -0.309 e. The molecule has 0 fully saturated rings. The molecule has 5 nitrogen and oxygen atoms in total. The van der Waals surface area contributed by atoms with E-state index in [0.717, 1.165) is 55.0 Å². The van der Waals surface area contributed by atoms with Crippen molar-refractivity contribution in [1.29, 1.82) is 0 Å². The molecular weight excluding hydrogens is 683 g/mol. The minimum absolute atomic E-state index is 0.583. The fourth-order valence-electron chi connectivity index (χ4n) is 7.89. The van der Waals surface area contributed by atoms with Crippen LogP contribution in [0.2, 0.25) is 0 Å². The molecule has 266 valence electrons. The summed E-state index contributed by atoms with van der Waals surface area (Å²) >= 11 is 0. The molecule has 0 amide bonds. The fraction of sp³-hybridized carbons (Fsp3) is 0.0392. The summed E-state index contributed by atoms with van der Waals surface area (Å²) in [5.41, 5.74) is 9.73. The molecule has 56 heavy (non-hydrogen) atoms. The van der Waals surface area contributed by atoms with Gasteiger partial charge < -0.3 is 4.57 Å². The van der Waals surface area contributed by atoms with E-state index in [0.29, 0.717) is 17.6 Å². The molecule has 0 saturated carbocycles.